The Kier molecular flexibility index (Phi) is 10.0. The smallest absolute Gasteiger partial charge is 0.264 e. The Morgan fingerprint density at radius 1 is 1.09 bits per heavy atom. The lowest BCUT2D eigenvalue weighted by molar-refractivity contribution is 0.0687. The maximum absolute atomic E-state index is 14.3. The molecule has 44 heavy (non-hydrogen) atoms. The predicted octanol–water partition coefficient (Wildman–Crippen LogP) is 5.13. The molecule has 238 valence electrons. The summed E-state index contributed by atoms with van der Waals surface area (Å²) in [5, 5.41) is 3.55. The zero-order valence-electron chi connectivity index (χ0n) is 25.0. The number of nitrogens with zero attached hydrogens (tertiary/aromatic N) is 5. The number of nitrogens with one attached hydrogen (secondary N) is 1. The molecule has 1 atom stereocenters. The first kappa shape index (κ1) is 32.4. The number of carbonyl (C=O) groups excluding carboxylic acids is 1. The maximum atomic E-state index is 14.3. The van der Waals surface area contributed by atoms with Gasteiger partial charge in [0.25, 0.3) is 15.9 Å². The summed E-state index contributed by atoms with van der Waals surface area (Å²) in [5.74, 6) is -0.131. The number of amides is 1. The van der Waals surface area contributed by atoms with Crippen LogP contribution in [0, 0.1) is 5.82 Å². The summed E-state index contributed by atoms with van der Waals surface area (Å²) >= 11 is 12.5. The van der Waals surface area contributed by atoms with E-state index in [1.807, 2.05) is 0 Å². The highest BCUT2D eigenvalue weighted by Gasteiger charge is 2.33. The van der Waals surface area contributed by atoms with Crippen LogP contribution in [0.25, 0.3) is 0 Å². The molecule has 0 spiro atoms. The number of hydrogen-bond donors (Lipinski definition) is 1. The highest BCUT2D eigenvalue weighted by atomic mass is 35.5. The lowest BCUT2D eigenvalue weighted by Gasteiger charge is -2.47. The number of piperidine rings is 1. The van der Waals surface area contributed by atoms with Crippen molar-refractivity contribution in [1.29, 1.82) is 0 Å². The van der Waals surface area contributed by atoms with Gasteiger partial charge in [0.05, 0.1) is 21.2 Å². The number of likely N-dealkylation sites (tertiary alicyclic amines) is 1. The molecule has 5 rings (SSSR count). The van der Waals surface area contributed by atoms with E-state index in [1.54, 1.807) is 49.6 Å². The van der Waals surface area contributed by atoms with Gasteiger partial charge in [0.15, 0.2) is 0 Å². The summed E-state index contributed by atoms with van der Waals surface area (Å²) in [6.07, 6.45) is 3.44. The van der Waals surface area contributed by atoms with Crippen LogP contribution in [0.2, 0.25) is 10.0 Å². The number of rotatable bonds is 8. The van der Waals surface area contributed by atoms with Gasteiger partial charge in [0.2, 0.25) is 0 Å². The number of benzene rings is 2. The van der Waals surface area contributed by atoms with Gasteiger partial charge < -0.3 is 10.2 Å². The average molecular weight is 666 g/mol. The first-order chi connectivity index (χ1) is 21.0. The van der Waals surface area contributed by atoms with Crippen molar-refractivity contribution in [2.24, 2.45) is 0 Å². The van der Waals surface area contributed by atoms with Crippen LogP contribution in [0.1, 0.15) is 37.1 Å². The summed E-state index contributed by atoms with van der Waals surface area (Å²) in [7, 11) is -0.973. The SMILES string of the molecule is CNC(=O)c1cnc(N2CCN(C3CCN(Cc4ccc(F)cc4S(=O)(=O)N(C)c4ccc(Cl)cc4)CC3)[C@@H](C)C2)c(Cl)c1.[HH]. The molecule has 0 saturated carbocycles. The molecule has 0 unspecified atom stereocenters. The number of pyridine rings is 1. The van der Waals surface area contributed by atoms with Gasteiger partial charge in [-0.3, -0.25) is 18.9 Å². The average Bonchev–Trinajstić information content (AvgIpc) is 3.02. The quantitative estimate of drug-likeness (QED) is 0.357. The van der Waals surface area contributed by atoms with Crippen LogP contribution in [-0.2, 0) is 16.6 Å². The summed E-state index contributed by atoms with van der Waals surface area (Å²) in [6, 6.07) is 12.8. The molecule has 1 N–H and O–H groups in total. The Morgan fingerprint density at radius 2 is 1.80 bits per heavy atom. The van der Waals surface area contributed by atoms with Crippen molar-refractivity contribution >= 4 is 50.6 Å². The standard InChI is InChI=1S/C31H37Cl2FN6O3S.H2/c1-21-19-39(30-28(33)16-23(18-36-30)31(41)35-2)14-15-40(21)27-10-12-38(13-11-27)20-22-4-7-25(34)17-29(22)44(42,43)37(3)26-8-5-24(32)6-9-26;/h4-9,16-18,21,27H,10-15,19-20H2,1-3H3,(H,35,41);1H/t21-;/m0./s1. The molecule has 2 saturated heterocycles. The third-order valence-electron chi connectivity index (χ3n) is 8.57. The molecule has 3 heterocycles. The van der Waals surface area contributed by atoms with E-state index < -0.39 is 15.8 Å². The minimum atomic E-state index is -4.01. The van der Waals surface area contributed by atoms with Crippen LogP contribution in [0.3, 0.4) is 0 Å². The van der Waals surface area contributed by atoms with Crippen molar-refractivity contribution in [3.05, 3.63) is 81.7 Å². The van der Waals surface area contributed by atoms with E-state index >= 15 is 0 Å². The van der Waals surface area contributed by atoms with Crippen LogP contribution in [0.15, 0.2) is 59.6 Å². The van der Waals surface area contributed by atoms with Crippen LogP contribution in [0.5, 0.6) is 0 Å². The monoisotopic (exact) mass is 664 g/mol. The summed E-state index contributed by atoms with van der Waals surface area (Å²) in [5.41, 5.74) is 1.44. The van der Waals surface area contributed by atoms with E-state index in [-0.39, 0.29) is 18.3 Å². The molecule has 1 aromatic heterocycles. The fourth-order valence-electron chi connectivity index (χ4n) is 6.12. The van der Waals surface area contributed by atoms with E-state index in [4.69, 9.17) is 23.2 Å². The van der Waals surface area contributed by atoms with Crippen molar-refractivity contribution in [2.75, 3.05) is 56.0 Å². The third kappa shape index (κ3) is 6.97. The summed E-state index contributed by atoms with van der Waals surface area (Å²) < 4.78 is 42.7. The minimum absolute atomic E-state index is 0. The second kappa shape index (κ2) is 13.6. The maximum Gasteiger partial charge on any atom is 0.264 e. The lowest BCUT2D eigenvalue weighted by Crippen LogP contribution is -2.57. The van der Waals surface area contributed by atoms with E-state index in [0.29, 0.717) is 45.3 Å². The second-order valence-electron chi connectivity index (χ2n) is 11.3. The number of anilines is 2. The Balaban J connectivity index is 0.00000461. The molecular weight excluding hydrogens is 626 g/mol. The molecule has 2 aromatic carbocycles. The Labute approximate surface area is 270 Å². The van der Waals surface area contributed by atoms with Crippen LogP contribution in [0.4, 0.5) is 15.9 Å². The van der Waals surface area contributed by atoms with E-state index in [0.717, 1.165) is 55.9 Å². The number of sulfonamides is 1. The Hall–Kier alpha value is -2.96. The number of piperazine rings is 1. The molecule has 13 heteroatoms. The molecule has 3 aromatic rings. The fraction of sp³-hybridized carbons (Fsp3) is 0.419. The van der Waals surface area contributed by atoms with E-state index in [1.165, 1.54) is 13.1 Å². The molecular formula is C31H39Cl2FN6O3S. The van der Waals surface area contributed by atoms with Crippen molar-refractivity contribution in [1.82, 2.24) is 20.1 Å². The Morgan fingerprint density at radius 3 is 2.43 bits per heavy atom. The summed E-state index contributed by atoms with van der Waals surface area (Å²) in [6.45, 7) is 6.62. The molecule has 1 amide bonds. The topological polar surface area (TPSA) is 89.1 Å². The minimum Gasteiger partial charge on any atom is -0.355 e. The zero-order chi connectivity index (χ0) is 31.6. The molecule has 0 radical (unpaired) electrons. The number of aromatic nitrogens is 1. The highest BCUT2D eigenvalue weighted by molar-refractivity contribution is 7.92. The first-order valence-electron chi connectivity index (χ1n) is 14.6. The normalized spacial score (nSPS) is 18.8. The molecule has 9 nitrogen and oxygen atoms in total. The number of carbonyl (C=O) groups is 1. The number of halogens is 3. The second-order valence-corrected chi connectivity index (χ2v) is 14.1. The zero-order valence-corrected chi connectivity index (χ0v) is 27.3. The van der Waals surface area contributed by atoms with Crippen LogP contribution >= 0.6 is 23.2 Å². The molecule has 0 aliphatic carbocycles. The van der Waals surface area contributed by atoms with E-state index in [9.17, 15) is 17.6 Å². The van der Waals surface area contributed by atoms with Gasteiger partial charge in [-0.05, 0) is 80.9 Å². The first-order valence-corrected chi connectivity index (χ1v) is 16.8. The van der Waals surface area contributed by atoms with Gasteiger partial charge >= 0.3 is 0 Å². The van der Waals surface area contributed by atoms with Crippen molar-refractivity contribution in [2.45, 2.75) is 43.3 Å². The van der Waals surface area contributed by atoms with Crippen molar-refractivity contribution < 1.29 is 19.0 Å². The molecule has 2 aliphatic rings. The number of hydrogen-bond acceptors (Lipinski definition) is 7. The van der Waals surface area contributed by atoms with Crippen molar-refractivity contribution in [3.63, 3.8) is 0 Å². The van der Waals surface area contributed by atoms with Crippen LogP contribution < -0.4 is 14.5 Å². The molecule has 2 fully saturated rings. The largest absolute Gasteiger partial charge is 0.355 e. The van der Waals surface area contributed by atoms with Gasteiger partial charge in [0.1, 0.15) is 11.6 Å². The lowest BCUT2D eigenvalue weighted by atomic mass is 9.99. The van der Waals surface area contributed by atoms with Gasteiger partial charge in [-0.25, -0.2) is 17.8 Å². The Bertz CT molecular complexity index is 1610. The summed E-state index contributed by atoms with van der Waals surface area (Å²) in [4.78, 5) is 23.3. The fourth-order valence-corrected chi connectivity index (χ4v) is 7.96. The molecule has 2 aliphatic heterocycles. The third-order valence-corrected chi connectivity index (χ3v) is 11.0. The van der Waals surface area contributed by atoms with Gasteiger partial charge in [-0.1, -0.05) is 29.3 Å². The van der Waals surface area contributed by atoms with Gasteiger partial charge in [-0.15, -0.1) is 0 Å². The van der Waals surface area contributed by atoms with Crippen molar-refractivity contribution in [3.8, 4) is 0 Å². The molecule has 0 bridgehead atoms. The van der Waals surface area contributed by atoms with Gasteiger partial charge in [0, 0.05) is 65.0 Å². The predicted molar refractivity (Wildman–Crippen MR) is 175 cm³/mol. The van der Waals surface area contributed by atoms with Crippen LogP contribution in [-0.4, -0.2) is 88.0 Å². The van der Waals surface area contributed by atoms with Gasteiger partial charge in [-0.2, -0.15) is 0 Å². The highest BCUT2D eigenvalue weighted by Crippen LogP contribution is 2.31. The van der Waals surface area contributed by atoms with E-state index in [2.05, 4.69) is 31.9 Å².